The van der Waals surface area contributed by atoms with Crippen LogP contribution in [0.3, 0.4) is 0 Å². The van der Waals surface area contributed by atoms with E-state index in [9.17, 15) is 4.79 Å². The Morgan fingerprint density at radius 3 is 2.82 bits per heavy atom. The fraction of sp³-hybridized carbons (Fsp3) is 0.278. The molecule has 0 saturated carbocycles. The van der Waals surface area contributed by atoms with Crippen LogP contribution in [0.4, 0.5) is 0 Å². The van der Waals surface area contributed by atoms with E-state index >= 15 is 0 Å². The molecule has 1 aliphatic rings. The van der Waals surface area contributed by atoms with Gasteiger partial charge in [-0.1, -0.05) is 18.2 Å². The lowest BCUT2D eigenvalue weighted by atomic mass is 10.0. The normalized spacial score (nSPS) is 15.0. The second-order valence-electron chi connectivity index (χ2n) is 6.07. The highest BCUT2D eigenvalue weighted by Gasteiger charge is 2.29. The number of carboxylic acid groups (broad SMARTS) is 1. The van der Waals surface area contributed by atoms with E-state index in [0.29, 0.717) is 12.4 Å². The number of ether oxygens (including phenoxy) is 2. The molecular weight excluding hydrogens is 280 g/mol. The molecule has 114 valence electrons. The zero-order valence-corrected chi connectivity index (χ0v) is 12.6. The van der Waals surface area contributed by atoms with Gasteiger partial charge in [-0.25, -0.2) is 4.79 Å². The lowest BCUT2D eigenvalue weighted by molar-refractivity contribution is 0.0691. The zero-order chi connectivity index (χ0) is 15.7. The van der Waals surface area contributed by atoms with Crippen molar-refractivity contribution >= 4 is 5.97 Å². The van der Waals surface area contributed by atoms with Gasteiger partial charge in [-0.05, 0) is 49.2 Å². The second-order valence-corrected chi connectivity index (χ2v) is 6.07. The largest absolute Gasteiger partial charge is 0.488 e. The van der Waals surface area contributed by atoms with Crippen molar-refractivity contribution in [3.63, 3.8) is 0 Å². The predicted octanol–water partition coefficient (Wildman–Crippen LogP) is 3.68. The molecule has 0 radical (unpaired) electrons. The molecule has 0 bridgehead atoms. The molecular formula is C18H18O4. The summed E-state index contributed by atoms with van der Waals surface area (Å²) in [6.07, 6.45) is 0.863. The first-order chi connectivity index (χ1) is 10.4. The third-order valence-electron chi connectivity index (χ3n) is 3.64. The number of hydrogen-bond acceptors (Lipinski definition) is 3. The molecule has 0 fully saturated rings. The Hall–Kier alpha value is -2.49. The van der Waals surface area contributed by atoms with E-state index in [1.807, 2.05) is 12.1 Å². The van der Waals surface area contributed by atoms with Crippen LogP contribution in [0.25, 0.3) is 0 Å². The van der Waals surface area contributed by atoms with E-state index in [0.717, 1.165) is 23.3 Å². The molecule has 22 heavy (non-hydrogen) atoms. The van der Waals surface area contributed by atoms with E-state index < -0.39 is 5.97 Å². The average Bonchev–Trinajstić information content (AvgIpc) is 2.78. The van der Waals surface area contributed by atoms with E-state index in [1.54, 1.807) is 18.2 Å². The van der Waals surface area contributed by atoms with Crippen LogP contribution in [0.1, 0.15) is 35.3 Å². The molecule has 2 aromatic rings. The molecule has 0 amide bonds. The summed E-state index contributed by atoms with van der Waals surface area (Å²) in [6.45, 7) is 4.45. The first-order valence-corrected chi connectivity index (χ1v) is 7.20. The molecule has 4 nitrogen and oxygen atoms in total. The molecule has 2 aromatic carbocycles. The lowest BCUT2D eigenvalue weighted by Gasteiger charge is -2.16. The van der Waals surface area contributed by atoms with Crippen LogP contribution < -0.4 is 9.47 Å². The molecule has 3 rings (SSSR count). The van der Waals surface area contributed by atoms with Gasteiger partial charge in [0.15, 0.2) is 0 Å². The van der Waals surface area contributed by atoms with Crippen LogP contribution in [0.2, 0.25) is 0 Å². The van der Waals surface area contributed by atoms with Gasteiger partial charge in [0, 0.05) is 6.42 Å². The van der Waals surface area contributed by atoms with E-state index in [4.69, 9.17) is 14.6 Å². The topological polar surface area (TPSA) is 55.8 Å². The van der Waals surface area contributed by atoms with Gasteiger partial charge in [-0.2, -0.15) is 0 Å². The summed E-state index contributed by atoms with van der Waals surface area (Å²) < 4.78 is 11.5. The number of fused-ring (bicyclic) bond motifs is 1. The predicted molar refractivity (Wildman–Crippen MR) is 82.6 cm³/mol. The summed E-state index contributed by atoms with van der Waals surface area (Å²) in [5, 5.41) is 9.15. The Balaban J connectivity index is 1.75. The molecule has 0 aliphatic carbocycles. The summed E-state index contributed by atoms with van der Waals surface area (Å²) in [4.78, 5) is 11.2. The zero-order valence-electron chi connectivity index (χ0n) is 12.6. The first-order valence-electron chi connectivity index (χ1n) is 7.20. The minimum absolute atomic E-state index is 0.169. The van der Waals surface area contributed by atoms with E-state index in [-0.39, 0.29) is 11.2 Å². The molecule has 0 atom stereocenters. The Kier molecular flexibility index (Phi) is 3.53. The Morgan fingerprint density at radius 1 is 1.27 bits per heavy atom. The highest BCUT2D eigenvalue weighted by molar-refractivity contribution is 5.90. The van der Waals surface area contributed by atoms with Crippen molar-refractivity contribution in [3.8, 4) is 11.5 Å². The maximum Gasteiger partial charge on any atom is 0.339 e. The maximum atomic E-state index is 11.2. The summed E-state index contributed by atoms with van der Waals surface area (Å²) in [5.74, 6) is 0.312. The monoisotopic (exact) mass is 298 g/mol. The summed E-state index contributed by atoms with van der Waals surface area (Å²) in [5.41, 5.74) is 2.17. The first kappa shape index (κ1) is 14.4. The van der Waals surface area contributed by atoms with Crippen LogP contribution in [0.15, 0.2) is 42.5 Å². The van der Waals surface area contributed by atoms with Crippen molar-refractivity contribution in [3.05, 3.63) is 59.2 Å². The standard InChI is InChI=1S/C18H18O4/c1-18(2)10-13-9-12(7-8-15(13)22-18)11-21-16-6-4-3-5-14(16)17(19)20/h3-9H,10-11H2,1-2H3,(H,19,20). The fourth-order valence-electron chi connectivity index (χ4n) is 2.68. The number of rotatable bonds is 4. The van der Waals surface area contributed by atoms with Crippen LogP contribution in [-0.2, 0) is 13.0 Å². The van der Waals surface area contributed by atoms with Crippen LogP contribution >= 0.6 is 0 Å². The van der Waals surface area contributed by atoms with E-state index in [1.165, 1.54) is 6.07 Å². The lowest BCUT2D eigenvalue weighted by Crippen LogP contribution is -2.24. The highest BCUT2D eigenvalue weighted by Crippen LogP contribution is 2.35. The third-order valence-corrected chi connectivity index (χ3v) is 3.64. The summed E-state index contributed by atoms with van der Waals surface area (Å²) >= 11 is 0. The second kappa shape index (κ2) is 5.37. The van der Waals surface area contributed by atoms with E-state index in [2.05, 4.69) is 19.9 Å². The molecule has 1 heterocycles. The SMILES string of the molecule is CC1(C)Cc2cc(COc3ccccc3C(=O)O)ccc2O1. The number of para-hydroxylation sites is 1. The molecule has 0 saturated heterocycles. The number of carboxylic acids is 1. The van der Waals surface area contributed by atoms with Gasteiger partial charge in [-0.15, -0.1) is 0 Å². The number of hydrogen-bond donors (Lipinski definition) is 1. The van der Waals surface area contributed by atoms with Crippen molar-refractivity contribution in [2.75, 3.05) is 0 Å². The molecule has 4 heteroatoms. The third kappa shape index (κ3) is 2.91. The number of carbonyl (C=O) groups is 1. The van der Waals surface area contributed by atoms with Gasteiger partial charge >= 0.3 is 5.97 Å². The maximum absolute atomic E-state index is 11.2. The van der Waals surface area contributed by atoms with Gasteiger partial charge in [-0.3, -0.25) is 0 Å². The average molecular weight is 298 g/mol. The molecule has 1 aliphatic heterocycles. The smallest absolute Gasteiger partial charge is 0.339 e. The Morgan fingerprint density at radius 2 is 2.05 bits per heavy atom. The summed E-state index contributed by atoms with van der Waals surface area (Å²) in [7, 11) is 0. The minimum atomic E-state index is -0.986. The number of benzene rings is 2. The van der Waals surface area contributed by atoms with Gasteiger partial charge in [0.1, 0.15) is 29.3 Å². The van der Waals surface area contributed by atoms with Gasteiger partial charge in [0.05, 0.1) is 0 Å². The van der Waals surface area contributed by atoms with Gasteiger partial charge in [0.25, 0.3) is 0 Å². The Bertz CT molecular complexity index is 719. The van der Waals surface area contributed by atoms with Gasteiger partial charge < -0.3 is 14.6 Å². The molecule has 1 N–H and O–H groups in total. The molecule has 0 unspecified atom stereocenters. The molecule has 0 aromatic heterocycles. The highest BCUT2D eigenvalue weighted by atomic mass is 16.5. The van der Waals surface area contributed by atoms with Gasteiger partial charge in [0.2, 0.25) is 0 Å². The summed E-state index contributed by atoms with van der Waals surface area (Å²) in [6, 6.07) is 12.6. The van der Waals surface area contributed by atoms with Crippen molar-refractivity contribution in [1.29, 1.82) is 0 Å². The van der Waals surface area contributed by atoms with Crippen molar-refractivity contribution < 1.29 is 19.4 Å². The molecule has 0 spiro atoms. The quantitative estimate of drug-likeness (QED) is 0.935. The van der Waals surface area contributed by atoms with Crippen LogP contribution in [0.5, 0.6) is 11.5 Å². The fourth-order valence-corrected chi connectivity index (χ4v) is 2.68. The van der Waals surface area contributed by atoms with Crippen molar-refractivity contribution in [1.82, 2.24) is 0 Å². The van der Waals surface area contributed by atoms with Crippen molar-refractivity contribution in [2.24, 2.45) is 0 Å². The Labute approximate surface area is 129 Å². The number of aromatic carboxylic acids is 1. The van der Waals surface area contributed by atoms with Crippen LogP contribution in [0, 0.1) is 0 Å². The van der Waals surface area contributed by atoms with Crippen LogP contribution in [-0.4, -0.2) is 16.7 Å². The minimum Gasteiger partial charge on any atom is -0.488 e. The van der Waals surface area contributed by atoms with Crippen molar-refractivity contribution in [2.45, 2.75) is 32.5 Å².